The first kappa shape index (κ1) is 28.8. The zero-order valence-corrected chi connectivity index (χ0v) is 21.6. The zero-order chi connectivity index (χ0) is 27.0. The summed E-state index contributed by atoms with van der Waals surface area (Å²) >= 11 is 0. The Bertz CT molecular complexity index is 1100. The van der Waals surface area contributed by atoms with Crippen LogP contribution in [0.5, 0.6) is 5.75 Å². The van der Waals surface area contributed by atoms with Crippen LogP contribution in [0.3, 0.4) is 0 Å². The van der Waals surface area contributed by atoms with E-state index in [9.17, 15) is 19.1 Å². The molecule has 7 heteroatoms. The average molecular weight is 499 g/mol. The Kier molecular flexibility index (Phi) is 9.99. The van der Waals surface area contributed by atoms with Crippen LogP contribution in [0, 0.1) is 17.2 Å². The summed E-state index contributed by atoms with van der Waals surface area (Å²) in [6.07, 6.45) is -0.781. The van der Waals surface area contributed by atoms with Crippen molar-refractivity contribution in [2.75, 3.05) is 13.2 Å². The molecule has 0 saturated carbocycles. The summed E-state index contributed by atoms with van der Waals surface area (Å²) in [5.74, 6) is -1.75. The first-order valence-corrected chi connectivity index (χ1v) is 11.7. The number of halogens is 1. The van der Waals surface area contributed by atoms with E-state index in [1.165, 1.54) is 12.1 Å². The summed E-state index contributed by atoms with van der Waals surface area (Å²) in [7, 11) is 0. The van der Waals surface area contributed by atoms with Crippen LogP contribution in [0.1, 0.15) is 40.2 Å². The summed E-state index contributed by atoms with van der Waals surface area (Å²) in [6.45, 7) is 15.8. The molecule has 2 aromatic rings. The second-order valence-electron chi connectivity index (χ2n) is 9.96. The van der Waals surface area contributed by atoms with Crippen molar-refractivity contribution in [3.8, 4) is 16.9 Å². The van der Waals surface area contributed by atoms with Crippen LogP contribution in [0.25, 0.3) is 11.1 Å². The molecule has 0 spiro atoms. The fraction of sp³-hybridized carbons (Fsp3) is 0.379. The summed E-state index contributed by atoms with van der Waals surface area (Å²) in [4.78, 5) is 24.1. The largest absolute Gasteiger partial charge is 0.465 e. The molecule has 0 fully saturated rings. The van der Waals surface area contributed by atoms with Crippen LogP contribution in [-0.4, -0.2) is 36.5 Å². The van der Waals surface area contributed by atoms with Crippen LogP contribution >= 0.6 is 0 Å². The van der Waals surface area contributed by atoms with Gasteiger partial charge in [0.25, 0.3) is 0 Å². The first-order valence-electron chi connectivity index (χ1n) is 11.7. The molecule has 0 aliphatic heterocycles. The zero-order valence-electron chi connectivity index (χ0n) is 21.6. The number of hydrogen-bond acceptors (Lipinski definition) is 6. The second-order valence-corrected chi connectivity index (χ2v) is 9.96. The third-order valence-corrected chi connectivity index (χ3v) is 5.26. The Balaban J connectivity index is 2.12. The molecule has 2 atom stereocenters. The molecule has 36 heavy (non-hydrogen) atoms. The molecule has 0 saturated heterocycles. The number of esters is 2. The number of carbonyl (C=O) groups excluding carboxylic acids is 2. The average Bonchev–Trinajstić information content (AvgIpc) is 2.81. The Morgan fingerprint density at radius 1 is 0.972 bits per heavy atom. The third kappa shape index (κ3) is 8.64. The SMILES string of the molecule is C=C(C)C(=O)OCC(COC(=O)C(C)(C)C)Cc1ccc(-c2ccc(OC(O)C(=C)C)c(F)c2)cc1. The summed E-state index contributed by atoms with van der Waals surface area (Å²) in [6, 6.07) is 12.0. The molecule has 2 aromatic carbocycles. The maximum atomic E-state index is 14.5. The number of rotatable bonds is 11. The van der Waals surface area contributed by atoms with Crippen LogP contribution in [0.15, 0.2) is 66.8 Å². The van der Waals surface area contributed by atoms with Gasteiger partial charge in [-0.2, -0.15) is 0 Å². The molecule has 0 heterocycles. The predicted molar refractivity (Wildman–Crippen MR) is 137 cm³/mol. The summed E-state index contributed by atoms with van der Waals surface area (Å²) in [5.41, 5.74) is 2.39. The summed E-state index contributed by atoms with van der Waals surface area (Å²) in [5, 5.41) is 9.75. The lowest BCUT2D eigenvalue weighted by Gasteiger charge is -2.21. The maximum absolute atomic E-state index is 14.5. The van der Waals surface area contributed by atoms with Crippen molar-refractivity contribution >= 4 is 11.9 Å². The normalized spacial score (nSPS) is 12.9. The monoisotopic (exact) mass is 498 g/mol. The Labute approximate surface area is 212 Å². The number of hydrogen-bond donors (Lipinski definition) is 1. The van der Waals surface area contributed by atoms with Gasteiger partial charge in [0.05, 0.1) is 18.6 Å². The van der Waals surface area contributed by atoms with Gasteiger partial charge in [-0.1, -0.05) is 43.5 Å². The molecule has 6 nitrogen and oxygen atoms in total. The second kappa shape index (κ2) is 12.5. The highest BCUT2D eigenvalue weighted by Gasteiger charge is 2.25. The fourth-order valence-corrected chi connectivity index (χ4v) is 3.06. The van der Waals surface area contributed by atoms with Crippen LogP contribution in [-0.2, 0) is 25.5 Å². The smallest absolute Gasteiger partial charge is 0.333 e. The molecule has 1 N–H and O–H groups in total. The number of carbonyl (C=O) groups is 2. The maximum Gasteiger partial charge on any atom is 0.333 e. The fourth-order valence-electron chi connectivity index (χ4n) is 3.06. The van der Waals surface area contributed by atoms with Gasteiger partial charge >= 0.3 is 11.9 Å². The molecule has 0 radical (unpaired) electrons. The molecule has 2 rings (SSSR count). The Morgan fingerprint density at radius 3 is 2.08 bits per heavy atom. The van der Waals surface area contributed by atoms with Crippen LogP contribution < -0.4 is 4.74 Å². The van der Waals surface area contributed by atoms with Crippen molar-refractivity contribution in [1.29, 1.82) is 0 Å². The van der Waals surface area contributed by atoms with Crippen molar-refractivity contribution in [3.63, 3.8) is 0 Å². The van der Waals surface area contributed by atoms with Gasteiger partial charge in [0, 0.05) is 11.5 Å². The van der Waals surface area contributed by atoms with Crippen LogP contribution in [0.4, 0.5) is 4.39 Å². The molecule has 0 aliphatic carbocycles. The first-order chi connectivity index (χ1) is 16.8. The quantitative estimate of drug-likeness (QED) is 0.187. The predicted octanol–water partition coefficient (Wildman–Crippen LogP) is 5.63. The topological polar surface area (TPSA) is 82.1 Å². The molecular formula is C29H35FO6. The van der Waals surface area contributed by atoms with E-state index in [0.717, 1.165) is 11.1 Å². The van der Waals surface area contributed by atoms with E-state index >= 15 is 0 Å². The molecular weight excluding hydrogens is 463 g/mol. The van der Waals surface area contributed by atoms with E-state index in [1.807, 2.05) is 24.3 Å². The lowest BCUT2D eigenvalue weighted by molar-refractivity contribution is -0.155. The minimum absolute atomic E-state index is 0.0668. The Morgan fingerprint density at radius 2 is 1.56 bits per heavy atom. The van der Waals surface area contributed by atoms with Gasteiger partial charge in [0.1, 0.15) is 0 Å². The van der Waals surface area contributed by atoms with E-state index in [-0.39, 0.29) is 30.9 Å². The molecule has 0 amide bonds. The molecule has 0 aliphatic rings. The highest BCUT2D eigenvalue weighted by molar-refractivity contribution is 5.86. The molecule has 2 unspecified atom stereocenters. The van der Waals surface area contributed by atoms with Gasteiger partial charge < -0.3 is 19.3 Å². The van der Waals surface area contributed by atoms with Crippen molar-refractivity contribution < 1.29 is 33.3 Å². The van der Waals surface area contributed by atoms with Gasteiger partial charge in [-0.15, -0.1) is 0 Å². The minimum Gasteiger partial charge on any atom is -0.465 e. The van der Waals surface area contributed by atoms with Crippen LogP contribution in [0.2, 0.25) is 0 Å². The van der Waals surface area contributed by atoms with E-state index in [0.29, 0.717) is 23.1 Å². The number of benzene rings is 2. The van der Waals surface area contributed by atoms with E-state index in [4.69, 9.17) is 14.2 Å². The van der Waals surface area contributed by atoms with E-state index < -0.39 is 23.5 Å². The molecule has 194 valence electrons. The highest BCUT2D eigenvalue weighted by atomic mass is 19.1. The third-order valence-electron chi connectivity index (χ3n) is 5.26. The molecule has 0 aromatic heterocycles. The highest BCUT2D eigenvalue weighted by Crippen LogP contribution is 2.27. The number of aliphatic hydroxyl groups excluding tert-OH is 1. The van der Waals surface area contributed by atoms with Crippen molar-refractivity contribution in [2.24, 2.45) is 11.3 Å². The number of ether oxygens (including phenoxy) is 3. The van der Waals surface area contributed by atoms with Gasteiger partial charge in [-0.3, -0.25) is 4.79 Å². The Hall–Kier alpha value is -3.45. The van der Waals surface area contributed by atoms with Crippen molar-refractivity contribution in [1.82, 2.24) is 0 Å². The summed E-state index contributed by atoms with van der Waals surface area (Å²) < 4.78 is 30.4. The van der Waals surface area contributed by atoms with Gasteiger partial charge in [0.2, 0.25) is 6.29 Å². The van der Waals surface area contributed by atoms with Gasteiger partial charge in [-0.05, 0) is 75.4 Å². The number of aliphatic hydroxyl groups is 1. The van der Waals surface area contributed by atoms with Crippen molar-refractivity contribution in [3.05, 3.63) is 78.1 Å². The lowest BCUT2D eigenvalue weighted by Crippen LogP contribution is -2.28. The van der Waals surface area contributed by atoms with Crippen molar-refractivity contribution in [2.45, 2.75) is 47.3 Å². The van der Waals surface area contributed by atoms with Gasteiger partial charge in [-0.25, -0.2) is 9.18 Å². The van der Waals surface area contributed by atoms with Gasteiger partial charge in [0.15, 0.2) is 11.6 Å². The molecule has 0 bridgehead atoms. The standard InChI is InChI=1S/C29H35FO6/c1-18(2)26(31)34-16-21(17-35-28(33)29(5,6)7)14-20-8-10-22(11-9-20)23-12-13-25(24(30)15-23)36-27(32)19(3)4/h8-13,15,21,27,32H,1,3,14,16-17H2,2,4-7H3. The lowest BCUT2D eigenvalue weighted by atomic mass is 9.96. The van der Waals surface area contributed by atoms with E-state index in [1.54, 1.807) is 40.7 Å². The van der Waals surface area contributed by atoms with E-state index in [2.05, 4.69) is 13.2 Å². The minimum atomic E-state index is -1.28.